The van der Waals surface area contributed by atoms with Gasteiger partial charge < -0.3 is 34.3 Å². The lowest BCUT2D eigenvalue weighted by Crippen LogP contribution is -2.32. The zero-order valence-electron chi connectivity index (χ0n) is 20.8. The maximum Gasteiger partial charge on any atom is 0.171 e. The van der Waals surface area contributed by atoms with E-state index < -0.39 is 24.5 Å². The number of nitrogens with two attached hydrogens (primary N) is 1. The van der Waals surface area contributed by atoms with Crippen LogP contribution in [0.15, 0.2) is 59.9 Å². The molecule has 1 fully saturated rings. The van der Waals surface area contributed by atoms with Crippen molar-refractivity contribution in [1.29, 1.82) is 0 Å². The second kappa shape index (κ2) is 9.87. The predicted molar refractivity (Wildman–Crippen MR) is 143 cm³/mol. The van der Waals surface area contributed by atoms with Gasteiger partial charge in [-0.1, -0.05) is 35.5 Å². The molecule has 1 aromatic carbocycles. The second-order valence-corrected chi connectivity index (χ2v) is 10.3. The Morgan fingerprint density at radius 1 is 1.13 bits per heavy atom. The van der Waals surface area contributed by atoms with E-state index in [9.17, 15) is 10.2 Å². The van der Waals surface area contributed by atoms with Crippen LogP contribution in [0, 0.1) is 6.92 Å². The SMILES string of the molecule is Cc1noc(-c2ccccc2)c1CSC[C@H]1O[C@@H](n2cc(-c3cncn3C)c3c(N)ncnc32)[C@H](O)[C@@H]1O. The van der Waals surface area contributed by atoms with E-state index in [0.29, 0.717) is 28.4 Å². The quantitative estimate of drug-likeness (QED) is 0.285. The van der Waals surface area contributed by atoms with Crippen LogP contribution >= 0.6 is 11.8 Å². The number of aliphatic hydroxyl groups is 2. The molecule has 0 bridgehead atoms. The summed E-state index contributed by atoms with van der Waals surface area (Å²) in [6, 6.07) is 9.83. The van der Waals surface area contributed by atoms with Crippen LogP contribution in [0.4, 0.5) is 5.82 Å². The Labute approximate surface area is 222 Å². The van der Waals surface area contributed by atoms with E-state index in [0.717, 1.165) is 33.8 Å². The molecule has 0 amide bonds. The fourth-order valence-corrected chi connectivity index (χ4v) is 6.03. The number of thioether (sulfide) groups is 1. The first-order valence-electron chi connectivity index (χ1n) is 12.1. The zero-order valence-corrected chi connectivity index (χ0v) is 21.6. The standard InChI is InChI=1S/C26H27N7O4S/c1-14-17(23(37-31-14)15-6-4-3-5-7-15)10-38-11-19-21(34)22(35)26(36-19)33-9-16(18-8-28-13-32(18)2)20-24(27)29-12-30-25(20)33/h3-9,12-13,19,21-22,26,34-35H,10-11H2,1-2H3,(H2,27,29,30)/t19-,21-,22-,26-/m1/s1. The van der Waals surface area contributed by atoms with E-state index in [1.165, 1.54) is 6.33 Å². The molecule has 196 valence electrons. The molecule has 4 N–H and O–H groups in total. The fourth-order valence-electron chi connectivity index (χ4n) is 4.86. The molecular weight excluding hydrogens is 506 g/mol. The molecule has 4 atom stereocenters. The van der Waals surface area contributed by atoms with Gasteiger partial charge in [0.2, 0.25) is 0 Å². The van der Waals surface area contributed by atoms with Crippen LogP contribution in [-0.4, -0.2) is 63.5 Å². The monoisotopic (exact) mass is 533 g/mol. The molecule has 11 nitrogen and oxygen atoms in total. The maximum absolute atomic E-state index is 11.0. The molecule has 1 saturated heterocycles. The molecule has 1 aliphatic heterocycles. The number of hydrogen-bond acceptors (Lipinski definition) is 10. The van der Waals surface area contributed by atoms with Gasteiger partial charge in [-0.15, -0.1) is 0 Å². The average Bonchev–Trinajstić information content (AvgIpc) is 3.68. The smallest absolute Gasteiger partial charge is 0.171 e. The Balaban J connectivity index is 1.23. The molecule has 5 heterocycles. The normalized spacial score (nSPS) is 21.5. The molecule has 4 aromatic heterocycles. The Kier molecular flexibility index (Phi) is 6.40. The Bertz CT molecular complexity index is 1580. The number of nitrogen functional groups attached to an aromatic ring is 1. The van der Waals surface area contributed by atoms with Crippen molar-refractivity contribution in [1.82, 2.24) is 29.2 Å². The molecule has 0 saturated carbocycles. The first-order valence-corrected chi connectivity index (χ1v) is 13.3. The van der Waals surface area contributed by atoms with Crippen molar-refractivity contribution in [3.8, 4) is 22.6 Å². The van der Waals surface area contributed by atoms with Gasteiger partial charge in [0.25, 0.3) is 0 Å². The van der Waals surface area contributed by atoms with E-state index in [1.807, 2.05) is 55.1 Å². The summed E-state index contributed by atoms with van der Waals surface area (Å²) >= 11 is 1.58. The molecular formula is C26H27N7O4S. The topological polar surface area (TPSA) is 150 Å². The minimum atomic E-state index is -1.16. The highest BCUT2D eigenvalue weighted by molar-refractivity contribution is 7.98. The number of anilines is 1. The average molecular weight is 534 g/mol. The Morgan fingerprint density at radius 3 is 2.71 bits per heavy atom. The second-order valence-electron chi connectivity index (χ2n) is 9.30. The molecule has 0 aliphatic carbocycles. The molecule has 5 aromatic rings. The summed E-state index contributed by atoms with van der Waals surface area (Å²) in [5.41, 5.74) is 11.1. The third-order valence-corrected chi connectivity index (χ3v) is 7.95. The van der Waals surface area contributed by atoms with Gasteiger partial charge in [0.05, 0.1) is 35.4 Å². The number of fused-ring (bicyclic) bond motifs is 1. The summed E-state index contributed by atoms with van der Waals surface area (Å²) in [6.07, 6.45) is 2.90. The Hall–Kier alpha value is -3.71. The molecule has 0 radical (unpaired) electrons. The molecule has 0 unspecified atom stereocenters. The van der Waals surface area contributed by atoms with Gasteiger partial charge in [0.1, 0.15) is 30.0 Å². The minimum absolute atomic E-state index is 0.309. The van der Waals surface area contributed by atoms with E-state index in [4.69, 9.17) is 15.0 Å². The fraction of sp³-hybridized carbons (Fsp3) is 0.308. The lowest BCUT2D eigenvalue weighted by molar-refractivity contribution is -0.0285. The lowest BCUT2D eigenvalue weighted by Gasteiger charge is -2.17. The molecule has 38 heavy (non-hydrogen) atoms. The summed E-state index contributed by atoms with van der Waals surface area (Å²) in [7, 11) is 1.88. The Morgan fingerprint density at radius 2 is 1.95 bits per heavy atom. The maximum atomic E-state index is 11.0. The molecule has 0 spiro atoms. The van der Waals surface area contributed by atoms with Gasteiger partial charge in [-0.25, -0.2) is 15.0 Å². The molecule has 6 rings (SSSR count). The van der Waals surface area contributed by atoms with Crippen LogP contribution in [0.2, 0.25) is 0 Å². The first-order chi connectivity index (χ1) is 18.4. The van der Waals surface area contributed by atoms with E-state index >= 15 is 0 Å². The van der Waals surface area contributed by atoms with Gasteiger partial charge in [-0.3, -0.25) is 0 Å². The highest BCUT2D eigenvalue weighted by Crippen LogP contribution is 2.39. The third-order valence-electron chi connectivity index (χ3n) is 6.89. The van der Waals surface area contributed by atoms with Crippen molar-refractivity contribution in [2.45, 2.75) is 37.2 Å². The number of aliphatic hydroxyl groups excluding tert-OH is 2. The number of aromatic nitrogens is 6. The third kappa shape index (κ3) is 4.15. The van der Waals surface area contributed by atoms with Crippen LogP contribution < -0.4 is 5.73 Å². The van der Waals surface area contributed by atoms with E-state index in [-0.39, 0.29) is 0 Å². The summed E-state index contributed by atoms with van der Waals surface area (Å²) in [5, 5.41) is 26.7. The highest BCUT2D eigenvalue weighted by Gasteiger charge is 2.44. The number of hydrogen-bond donors (Lipinski definition) is 3. The lowest BCUT2D eigenvalue weighted by atomic mass is 10.1. The number of rotatable bonds is 7. The van der Waals surface area contributed by atoms with Crippen LogP contribution in [-0.2, 0) is 17.5 Å². The highest BCUT2D eigenvalue weighted by atomic mass is 32.2. The van der Waals surface area contributed by atoms with Crippen molar-refractivity contribution in [2.24, 2.45) is 7.05 Å². The van der Waals surface area contributed by atoms with E-state index in [1.54, 1.807) is 28.9 Å². The van der Waals surface area contributed by atoms with Gasteiger partial charge in [0.15, 0.2) is 12.0 Å². The first kappa shape index (κ1) is 24.6. The van der Waals surface area contributed by atoms with Crippen molar-refractivity contribution in [3.63, 3.8) is 0 Å². The number of aryl methyl sites for hydroxylation is 2. The van der Waals surface area contributed by atoms with Crippen molar-refractivity contribution in [3.05, 3.63) is 66.6 Å². The van der Waals surface area contributed by atoms with Crippen LogP contribution in [0.25, 0.3) is 33.6 Å². The van der Waals surface area contributed by atoms with Crippen LogP contribution in [0.5, 0.6) is 0 Å². The zero-order chi connectivity index (χ0) is 26.4. The minimum Gasteiger partial charge on any atom is -0.387 e. The summed E-state index contributed by atoms with van der Waals surface area (Å²) in [6.45, 7) is 1.91. The largest absolute Gasteiger partial charge is 0.387 e. The number of nitrogens with zero attached hydrogens (tertiary/aromatic N) is 6. The summed E-state index contributed by atoms with van der Waals surface area (Å²) < 4.78 is 15.4. The van der Waals surface area contributed by atoms with E-state index in [2.05, 4.69) is 20.1 Å². The van der Waals surface area contributed by atoms with Crippen LogP contribution in [0.3, 0.4) is 0 Å². The van der Waals surface area contributed by atoms with Crippen LogP contribution in [0.1, 0.15) is 17.5 Å². The van der Waals surface area contributed by atoms with Gasteiger partial charge in [-0.2, -0.15) is 11.8 Å². The number of benzene rings is 1. The van der Waals surface area contributed by atoms with Crippen molar-refractivity contribution in [2.75, 3.05) is 11.5 Å². The number of ether oxygens (including phenoxy) is 1. The number of imidazole rings is 1. The van der Waals surface area contributed by atoms with Gasteiger partial charge >= 0.3 is 0 Å². The van der Waals surface area contributed by atoms with Crippen molar-refractivity contribution >= 4 is 28.6 Å². The summed E-state index contributed by atoms with van der Waals surface area (Å²) in [4.78, 5) is 12.8. The van der Waals surface area contributed by atoms with Gasteiger partial charge in [0, 0.05) is 41.4 Å². The van der Waals surface area contributed by atoms with Crippen molar-refractivity contribution < 1.29 is 19.5 Å². The molecule has 12 heteroatoms. The molecule has 1 aliphatic rings. The summed E-state index contributed by atoms with van der Waals surface area (Å²) in [5.74, 6) is 2.12. The van der Waals surface area contributed by atoms with Gasteiger partial charge in [-0.05, 0) is 6.92 Å². The predicted octanol–water partition coefficient (Wildman–Crippen LogP) is 2.93.